The van der Waals surface area contributed by atoms with Crippen molar-refractivity contribution in [3.05, 3.63) is 53.5 Å². The molecular weight excluding hydrogens is 337 g/mol. The third-order valence-electron chi connectivity index (χ3n) is 3.60. The zero-order valence-electron chi connectivity index (χ0n) is 13.7. The molecule has 8 heteroatoms. The summed E-state index contributed by atoms with van der Waals surface area (Å²) >= 11 is 0. The highest BCUT2D eigenvalue weighted by atomic mass is 19.4. The molecule has 1 N–H and O–H groups in total. The molecule has 0 radical (unpaired) electrons. The number of carbonyl (C=O) groups excluding carboxylic acids is 2. The summed E-state index contributed by atoms with van der Waals surface area (Å²) in [6.45, 7) is 3.13. The normalized spacial score (nSPS) is 11.2. The Labute approximate surface area is 142 Å². The van der Waals surface area contributed by atoms with Crippen molar-refractivity contribution in [2.24, 2.45) is 0 Å². The van der Waals surface area contributed by atoms with E-state index in [1.807, 2.05) is 0 Å². The van der Waals surface area contributed by atoms with E-state index in [1.54, 1.807) is 13.8 Å². The van der Waals surface area contributed by atoms with Crippen molar-refractivity contribution >= 4 is 17.5 Å². The topological polar surface area (TPSA) is 62.6 Å². The Morgan fingerprint density at radius 2 is 1.88 bits per heavy atom. The quantitative estimate of drug-likeness (QED) is 0.890. The molecule has 0 saturated heterocycles. The van der Waals surface area contributed by atoms with Gasteiger partial charge in [0.1, 0.15) is 12.3 Å². The molecule has 2 aromatic rings. The molecule has 0 bridgehead atoms. The highest BCUT2D eigenvalue weighted by molar-refractivity contribution is 6.00. The van der Waals surface area contributed by atoms with Gasteiger partial charge in [-0.2, -0.15) is 13.2 Å². The van der Waals surface area contributed by atoms with Crippen LogP contribution in [0.5, 0.6) is 0 Å². The standard InChI is InChI=1S/C17H17F3N2O3/c1-3-22(16(24)12-8-9-25-11(12)2)10-15(23)21-14-7-5-4-6-13(14)17(18,19)20/h4-9H,3,10H2,1-2H3,(H,21,23). The number of aryl methyl sites for hydroxylation is 1. The molecule has 1 heterocycles. The number of halogens is 3. The molecule has 2 rings (SSSR count). The van der Waals surface area contributed by atoms with Crippen LogP contribution in [0.3, 0.4) is 0 Å². The fraction of sp³-hybridized carbons (Fsp3) is 0.294. The number of furan rings is 1. The van der Waals surface area contributed by atoms with Gasteiger partial charge in [-0.25, -0.2) is 0 Å². The van der Waals surface area contributed by atoms with E-state index in [0.717, 1.165) is 6.07 Å². The Hall–Kier alpha value is -2.77. The average molecular weight is 354 g/mol. The van der Waals surface area contributed by atoms with Crippen LogP contribution in [-0.2, 0) is 11.0 Å². The monoisotopic (exact) mass is 354 g/mol. The molecule has 0 atom stereocenters. The van der Waals surface area contributed by atoms with Crippen molar-refractivity contribution in [3.63, 3.8) is 0 Å². The van der Waals surface area contributed by atoms with Gasteiger partial charge in [0, 0.05) is 6.54 Å². The van der Waals surface area contributed by atoms with Crippen LogP contribution in [0, 0.1) is 6.92 Å². The van der Waals surface area contributed by atoms with Crippen LogP contribution in [0.25, 0.3) is 0 Å². The smallest absolute Gasteiger partial charge is 0.418 e. The number of hydrogen-bond donors (Lipinski definition) is 1. The summed E-state index contributed by atoms with van der Waals surface area (Å²) in [5.41, 5.74) is -0.975. The van der Waals surface area contributed by atoms with Gasteiger partial charge in [0.15, 0.2) is 0 Å². The Morgan fingerprint density at radius 1 is 1.20 bits per heavy atom. The minimum atomic E-state index is -4.59. The average Bonchev–Trinajstić information content (AvgIpc) is 2.97. The van der Waals surface area contributed by atoms with Crippen LogP contribution in [-0.4, -0.2) is 29.8 Å². The number of carbonyl (C=O) groups is 2. The Kier molecular flexibility index (Phi) is 5.51. The van der Waals surface area contributed by atoms with E-state index in [0.29, 0.717) is 11.3 Å². The molecule has 0 saturated carbocycles. The molecule has 1 aromatic heterocycles. The summed E-state index contributed by atoms with van der Waals surface area (Å²) in [4.78, 5) is 25.7. The zero-order valence-corrected chi connectivity index (χ0v) is 13.7. The van der Waals surface area contributed by atoms with Crippen molar-refractivity contribution in [1.29, 1.82) is 0 Å². The first-order chi connectivity index (χ1) is 11.7. The van der Waals surface area contributed by atoms with Gasteiger partial charge >= 0.3 is 6.18 Å². The number of nitrogens with zero attached hydrogens (tertiary/aromatic N) is 1. The van der Waals surface area contributed by atoms with Crippen molar-refractivity contribution < 1.29 is 27.2 Å². The maximum Gasteiger partial charge on any atom is 0.418 e. The van der Waals surface area contributed by atoms with Crippen LogP contribution < -0.4 is 5.32 Å². The number of rotatable bonds is 5. The summed E-state index contributed by atoms with van der Waals surface area (Å²) in [6.07, 6.45) is -3.23. The molecule has 0 aliphatic carbocycles. The van der Waals surface area contributed by atoms with Gasteiger partial charge in [-0.1, -0.05) is 12.1 Å². The Balaban J connectivity index is 2.12. The molecule has 0 aliphatic rings. The highest BCUT2D eigenvalue weighted by Crippen LogP contribution is 2.34. The van der Waals surface area contributed by atoms with Crippen molar-refractivity contribution in [1.82, 2.24) is 4.90 Å². The van der Waals surface area contributed by atoms with Crippen molar-refractivity contribution in [2.75, 3.05) is 18.4 Å². The van der Waals surface area contributed by atoms with Gasteiger partial charge in [-0.3, -0.25) is 9.59 Å². The molecule has 25 heavy (non-hydrogen) atoms. The lowest BCUT2D eigenvalue weighted by atomic mass is 10.1. The lowest BCUT2D eigenvalue weighted by Crippen LogP contribution is -2.38. The largest absolute Gasteiger partial charge is 0.469 e. The molecule has 0 spiro atoms. The van der Waals surface area contributed by atoms with Gasteiger partial charge in [0.05, 0.1) is 23.1 Å². The van der Waals surface area contributed by atoms with E-state index in [1.165, 1.54) is 35.4 Å². The molecule has 0 fully saturated rings. The van der Waals surface area contributed by atoms with E-state index in [4.69, 9.17) is 4.42 Å². The van der Waals surface area contributed by atoms with E-state index in [2.05, 4.69) is 5.32 Å². The van der Waals surface area contributed by atoms with E-state index < -0.39 is 23.6 Å². The lowest BCUT2D eigenvalue weighted by molar-refractivity contribution is -0.137. The van der Waals surface area contributed by atoms with Crippen molar-refractivity contribution in [2.45, 2.75) is 20.0 Å². The third-order valence-corrected chi connectivity index (χ3v) is 3.60. The van der Waals surface area contributed by atoms with Gasteiger partial charge in [0.25, 0.3) is 5.91 Å². The zero-order chi connectivity index (χ0) is 18.6. The number of anilines is 1. The maximum atomic E-state index is 13.0. The van der Waals surface area contributed by atoms with Crippen molar-refractivity contribution in [3.8, 4) is 0 Å². The Bertz CT molecular complexity index is 768. The van der Waals surface area contributed by atoms with Crippen LogP contribution in [0.15, 0.2) is 41.0 Å². The molecule has 2 amide bonds. The first-order valence-electron chi connectivity index (χ1n) is 7.53. The van der Waals surface area contributed by atoms with Crippen LogP contribution >= 0.6 is 0 Å². The number of para-hydroxylation sites is 1. The second-order valence-electron chi connectivity index (χ2n) is 5.30. The SMILES string of the molecule is CCN(CC(=O)Nc1ccccc1C(F)(F)F)C(=O)c1ccoc1C. The molecule has 134 valence electrons. The predicted molar refractivity (Wildman–Crippen MR) is 85.1 cm³/mol. The number of nitrogens with one attached hydrogen (secondary N) is 1. The minimum Gasteiger partial charge on any atom is -0.469 e. The summed E-state index contributed by atoms with van der Waals surface area (Å²) in [6, 6.07) is 6.16. The first kappa shape index (κ1) is 18.6. The predicted octanol–water partition coefficient (Wildman–Crippen LogP) is 3.71. The summed E-state index contributed by atoms with van der Waals surface area (Å²) in [7, 11) is 0. The minimum absolute atomic E-state index is 0.220. The summed E-state index contributed by atoms with van der Waals surface area (Å²) in [5, 5.41) is 2.22. The van der Waals surface area contributed by atoms with Gasteiger partial charge < -0.3 is 14.6 Å². The Morgan fingerprint density at radius 3 is 2.44 bits per heavy atom. The van der Waals surface area contributed by atoms with Crippen LogP contribution in [0.2, 0.25) is 0 Å². The van der Waals surface area contributed by atoms with Gasteiger partial charge in [0.2, 0.25) is 5.91 Å². The van der Waals surface area contributed by atoms with Gasteiger partial charge in [-0.05, 0) is 32.0 Å². The summed E-state index contributed by atoms with van der Waals surface area (Å²) < 4.78 is 43.9. The fourth-order valence-electron chi connectivity index (χ4n) is 2.31. The molecule has 5 nitrogen and oxygen atoms in total. The van der Waals surface area contributed by atoms with Crippen LogP contribution in [0.1, 0.15) is 28.6 Å². The molecular formula is C17H17F3N2O3. The number of benzene rings is 1. The highest BCUT2D eigenvalue weighted by Gasteiger charge is 2.33. The number of hydrogen-bond acceptors (Lipinski definition) is 3. The lowest BCUT2D eigenvalue weighted by Gasteiger charge is -2.21. The summed E-state index contributed by atoms with van der Waals surface area (Å²) in [5.74, 6) is -0.729. The molecule has 1 aromatic carbocycles. The van der Waals surface area contributed by atoms with E-state index >= 15 is 0 Å². The number of likely N-dealkylation sites (N-methyl/N-ethyl adjacent to an activating group) is 1. The van der Waals surface area contributed by atoms with Crippen LogP contribution in [0.4, 0.5) is 18.9 Å². The first-order valence-corrected chi connectivity index (χ1v) is 7.53. The third kappa shape index (κ3) is 4.40. The molecule has 0 aliphatic heterocycles. The van der Waals surface area contributed by atoms with E-state index in [-0.39, 0.29) is 18.8 Å². The second-order valence-corrected chi connectivity index (χ2v) is 5.30. The van der Waals surface area contributed by atoms with Gasteiger partial charge in [-0.15, -0.1) is 0 Å². The number of alkyl halides is 3. The fourth-order valence-corrected chi connectivity index (χ4v) is 2.31. The number of amides is 2. The van der Waals surface area contributed by atoms with E-state index in [9.17, 15) is 22.8 Å². The maximum absolute atomic E-state index is 13.0. The molecule has 0 unspecified atom stereocenters. The second kappa shape index (κ2) is 7.42.